The van der Waals surface area contributed by atoms with E-state index in [0.717, 1.165) is 42.1 Å². The number of anilines is 1. The van der Waals surface area contributed by atoms with Crippen LogP contribution in [0.1, 0.15) is 23.5 Å². The lowest BCUT2D eigenvalue weighted by Gasteiger charge is -2.43. The van der Waals surface area contributed by atoms with Gasteiger partial charge in [0.25, 0.3) is 5.09 Å². The maximum atomic E-state index is 12.2. The second-order valence-corrected chi connectivity index (χ2v) is 10.6. The number of piperidine rings is 1. The Kier molecular flexibility index (Phi) is 12.2. The van der Waals surface area contributed by atoms with Gasteiger partial charge in [-0.2, -0.15) is 0 Å². The summed E-state index contributed by atoms with van der Waals surface area (Å²) < 4.78 is 34.1. The summed E-state index contributed by atoms with van der Waals surface area (Å²) in [6.07, 6.45) is -2.52. The van der Waals surface area contributed by atoms with Crippen LogP contribution in [0, 0.1) is 10.1 Å². The van der Waals surface area contributed by atoms with Gasteiger partial charge in [-0.1, -0.05) is 18.2 Å². The molecule has 0 spiro atoms. The summed E-state index contributed by atoms with van der Waals surface area (Å²) in [4.78, 5) is 31.4. The van der Waals surface area contributed by atoms with Crippen molar-refractivity contribution in [3.05, 3.63) is 63.7 Å². The summed E-state index contributed by atoms with van der Waals surface area (Å²) >= 11 is 0. The second kappa shape index (κ2) is 16.3. The molecule has 4 rings (SSSR count). The molecule has 1 amide bonds. The quantitative estimate of drug-likeness (QED) is 0.167. The number of hydrogen-bond acceptors (Lipinski definition) is 11. The minimum Gasteiger partial charge on any atom is -0.497 e. The number of rotatable bonds is 16. The number of carbonyl (C=O) groups is 1. The Balaban J connectivity index is 1.57. The first kappa shape index (κ1) is 33.1. The summed E-state index contributed by atoms with van der Waals surface area (Å²) in [5.74, 6) is 1.07. The van der Waals surface area contributed by atoms with E-state index in [0.29, 0.717) is 19.0 Å². The highest BCUT2D eigenvalue weighted by Gasteiger charge is 2.41. The van der Waals surface area contributed by atoms with Gasteiger partial charge in [-0.15, -0.1) is 10.1 Å². The third-order valence-electron chi connectivity index (χ3n) is 7.68. The topological polar surface area (TPSA) is 152 Å². The molecule has 2 aliphatic heterocycles. The first-order valence-corrected chi connectivity index (χ1v) is 14.5. The van der Waals surface area contributed by atoms with Crippen molar-refractivity contribution < 1.29 is 48.2 Å². The molecule has 1 N–H and O–H groups in total. The summed E-state index contributed by atoms with van der Waals surface area (Å²) in [6, 6.07) is 13.3. The van der Waals surface area contributed by atoms with Crippen molar-refractivity contribution in [3.8, 4) is 11.5 Å². The fourth-order valence-electron chi connectivity index (χ4n) is 5.59. The van der Waals surface area contributed by atoms with Gasteiger partial charge >= 0.3 is 6.09 Å². The smallest absolute Gasteiger partial charge is 0.407 e. The first-order valence-electron chi connectivity index (χ1n) is 14.5. The van der Waals surface area contributed by atoms with Crippen LogP contribution < -0.4 is 14.4 Å². The maximum absolute atomic E-state index is 12.2. The minimum atomic E-state index is -1.12. The predicted octanol–water partition coefficient (Wildman–Crippen LogP) is 3.20. The molecule has 2 aromatic rings. The Morgan fingerprint density at radius 2 is 1.82 bits per heavy atom. The zero-order valence-corrected chi connectivity index (χ0v) is 25.3. The van der Waals surface area contributed by atoms with E-state index in [2.05, 4.69) is 4.90 Å². The number of ether oxygens (including phenoxy) is 6. The van der Waals surface area contributed by atoms with Crippen LogP contribution in [-0.2, 0) is 30.4 Å². The number of amides is 1. The third kappa shape index (κ3) is 8.85. The van der Waals surface area contributed by atoms with Gasteiger partial charge in [-0.05, 0) is 41.8 Å². The number of hydrogen-bond donors (Lipinski definition) is 1. The molecular weight excluding hydrogens is 578 g/mol. The lowest BCUT2D eigenvalue weighted by molar-refractivity contribution is -0.769. The van der Waals surface area contributed by atoms with Crippen LogP contribution in [0.5, 0.6) is 11.5 Å². The summed E-state index contributed by atoms with van der Waals surface area (Å²) in [5.41, 5.74) is 2.74. The zero-order chi connectivity index (χ0) is 31.5. The van der Waals surface area contributed by atoms with E-state index >= 15 is 0 Å². The molecule has 44 heavy (non-hydrogen) atoms. The van der Waals surface area contributed by atoms with Crippen LogP contribution in [0.4, 0.5) is 10.5 Å². The Bertz CT molecular complexity index is 1220. The second-order valence-electron chi connectivity index (χ2n) is 10.6. The monoisotopic (exact) mass is 619 g/mol. The maximum Gasteiger partial charge on any atom is 0.407 e. The molecule has 0 radical (unpaired) electrons. The van der Waals surface area contributed by atoms with Gasteiger partial charge in [0, 0.05) is 33.3 Å². The van der Waals surface area contributed by atoms with Crippen LogP contribution >= 0.6 is 0 Å². The van der Waals surface area contributed by atoms with E-state index in [9.17, 15) is 20.0 Å². The van der Waals surface area contributed by atoms with Crippen LogP contribution in [-0.4, -0.2) is 113 Å². The number of carboxylic acid groups (broad SMARTS) is 1. The molecule has 0 aliphatic carbocycles. The summed E-state index contributed by atoms with van der Waals surface area (Å²) in [6.45, 7) is 2.96. The van der Waals surface area contributed by atoms with E-state index in [1.54, 1.807) is 14.2 Å². The highest BCUT2D eigenvalue weighted by Crippen LogP contribution is 2.36. The molecule has 14 heteroatoms. The van der Waals surface area contributed by atoms with Crippen molar-refractivity contribution in [3.63, 3.8) is 0 Å². The van der Waals surface area contributed by atoms with Gasteiger partial charge in [0.2, 0.25) is 0 Å². The molecule has 2 heterocycles. The van der Waals surface area contributed by atoms with Crippen LogP contribution in [0.2, 0.25) is 0 Å². The van der Waals surface area contributed by atoms with E-state index < -0.39 is 35.4 Å². The fourth-order valence-corrected chi connectivity index (χ4v) is 5.59. The van der Waals surface area contributed by atoms with Gasteiger partial charge in [-0.3, -0.25) is 0 Å². The van der Waals surface area contributed by atoms with E-state index in [-0.39, 0.29) is 32.9 Å². The Hall–Kier alpha value is -3.85. The molecule has 0 aromatic heterocycles. The summed E-state index contributed by atoms with van der Waals surface area (Å²) in [7, 11) is 4.66. The highest BCUT2D eigenvalue weighted by molar-refractivity contribution is 5.65. The lowest BCUT2D eigenvalue weighted by Crippen LogP contribution is -2.54. The summed E-state index contributed by atoms with van der Waals surface area (Å²) in [5, 5.41) is 20.1. The van der Waals surface area contributed by atoms with Gasteiger partial charge in [0.15, 0.2) is 6.10 Å². The predicted molar refractivity (Wildman–Crippen MR) is 158 cm³/mol. The molecule has 1 fully saturated rings. The van der Waals surface area contributed by atoms with Crippen LogP contribution in [0.15, 0.2) is 42.5 Å². The zero-order valence-electron chi connectivity index (χ0n) is 25.3. The molecule has 0 saturated carbocycles. The van der Waals surface area contributed by atoms with Crippen molar-refractivity contribution in [2.45, 2.75) is 37.3 Å². The van der Waals surface area contributed by atoms with E-state index in [1.807, 2.05) is 42.5 Å². The highest BCUT2D eigenvalue weighted by atomic mass is 17.0. The molecule has 1 saturated heterocycles. The third-order valence-corrected chi connectivity index (χ3v) is 7.68. The van der Waals surface area contributed by atoms with Crippen molar-refractivity contribution in [2.24, 2.45) is 0 Å². The van der Waals surface area contributed by atoms with Crippen molar-refractivity contribution in [1.29, 1.82) is 0 Å². The first-order chi connectivity index (χ1) is 21.3. The van der Waals surface area contributed by atoms with Crippen molar-refractivity contribution in [1.82, 2.24) is 4.90 Å². The minimum absolute atomic E-state index is 0.0384. The molecule has 242 valence electrons. The SMILES string of the molecule is COCCCN1CCOc2ccc(CO[C@H]3CN(C(=O)O)C[C@@H](OC[C@H](COC)O[N+](=O)[O-])[C@@H]3c3ccc(OC)cc3)cc21. The van der Waals surface area contributed by atoms with Gasteiger partial charge in [0.1, 0.15) is 18.1 Å². The van der Waals surface area contributed by atoms with E-state index in [1.165, 1.54) is 12.0 Å². The molecule has 0 unspecified atom stereocenters. The van der Waals surface area contributed by atoms with Crippen LogP contribution in [0.3, 0.4) is 0 Å². The fraction of sp³-hybridized carbons (Fsp3) is 0.567. The molecule has 0 bridgehead atoms. The average molecular weight is 620 g/mol. The Morgan fingerprint density at radius 1 is 1.07 bits per heavy atom. The molecule has 2 aliphatic rings. The van der Waals surface area contributed by atoms with Gasteiger partial charge in [0.05, 0.1) is 64.5 Å². The Morgan fingerprint density at radius 3 is 2.48 bits per heavy atom. The van der Waals surface area contributed by atoms with Gasteiger partial charge in [-0.25, -0.2) is 4.79 Å². The normalized spacial score (nSPS) is 20.4. The van der Waals surface area contributed by atoms with Crippen LogP contribution in [0.25, 0.3) is 0 Å². The van der Waals surface area contributed by atoms with Gasteiger partial charge < -0.3 is 48.2 Å². The number of likely N-dealkylation sites (tertiary alicyclic amines) is 1. The average Bonchev–Trinajstić information content (AvgIpc) is 3.02. The molecular formula is C30H41N3O11. The molecule has 14 nitrogen and oxygen atoms in total. The Labute approximate surface area is 256 Å². The lowest BCUT2D eigenvalue weighted by atomic mass is 9.84. The van der Waals surface area contributed by atoms with E-state index in [4.69, 9.17) is 33.3 Å². The van der Waals surface area contributed by atoms with Crippen molar-refractivity contribution in [2.75, 3.05) is 78.8 Å². The number of nitrogens with zero attached hydrogens (tertiary/aromatic N) is 3. The number of fused-ring (bicyclic) bond motifs is 1. The number of methoxy groups -OCH3 is 3. The molecule has 4 atom stereocenters. The number of benzene rings is 2. The van der Waals surface area contributed by atoms with Crippen molar-refractivity contribution >= 4 is 11.8 Å². The molecule has 2 aromatic carbocycles. The standard InChI is InChI=1S/C30H41N3O11/c1-38-13-4-11-31-12-14-41-26-10-5-21(15-25(26)31)18-42-27-16-32(30(34)35)17-28(43-20-24(19-39-2)44-33(36)37)29(27)22-6-8-23(40-3)9-7-22/h5-10,15,24,27-29H,4,11-14,16-20H2,1-3H3,(H,34,35)/t24-,27-,28+,29+/m0/s1. The largest absolute Gasteiger partial charge is 0.497 e.